The van der Waals surface area contributed by atoms with Crippen LogP contribution in [0.5, 0.6) is 0 Å². The van der Waals surface area contributed by atoms with Gasteiger partial charge in [-0.3, -0.25) is 4.90 Å². The maximum Gasteiger partial charge on any atom is 0.126 e. The summed E-state index contributed by atoms with van der Waals surface area (Å²) in [4.78, 5) is 2.05. The van der Waals surface area contributed by atoms with E-state index in [0.717, 1.165) is 19.2 Å². The van der Waals surface area contributed by atoms with Gasteiger partial charge in [-0.25, -0.2) is 8.78 Å². The molecule has 1 aliphatic heterocycles. The van der Waals surface area contributed by atoms with Crippen LogP contribution in [-0.2, 0) is 4.74 Å². The van der Waals surface area contributed by atoms with Gasteiger partial charge in [0.2, 0.25) is 0 Å². The number of rotatable bonds is 2. The topological polar surface area (TPSA) is 12.5 Å². The van der Waals surface area contributed by atoms with Crippen LogP contribution in [0.25, 0.3) is 0 Å². The summed E-state index contributed by atoms with van der Waals surface area (Å²) in [5.41, 5.74) is 0.569. The third-order valence-electron chi connectivity index (χ3n) is 2.76. The fourth-order valence-electron chi connectivity index (χ4n) is 1.87. The maximum absolute atomic E-state index is 13.0. The molecule has 0 aromatic heterocycles. The predicted octanol–water partition coefficient (Wildman–Crippen LogP) is 2.17. The average molecular weight is 226 g/mol. The first kappa shape index (κ1) is 11.5. The summed E-state index contributed by atoms with van der Waals surface area (Å²) >= 11 is 0. The van der Waals surface area contributed by atoms with Crippen LogP contribution in [0.15, 0.2) is 18.2 Å². The van der Waals surface area contributed by atoms with E-state index in [9.17, 15) is 8.78 Å². The van der Waals surface area contributed by atoms with Crippen molar-refractivity contribution in [3.63, 3.8) is 0 Å². The first-order valence-corrected chi connectivity index (χ1v) is 5.27. The number of benzene rings is 1. The first-order valence-electron chi connectivity index (χ1n) is 5.27. The summed E-state index contributed by atoms with van der Waals surface area (Å²) in [7, 11) is 0. The number of ether oxygens (including phenoxy) is 1. The highest BCUT2D eigenvalue weighted by atomic mass is 19.1. The molecule has 1 radical (unpaired) electrons. The van der Waals surface area contributed by atoms with Crippen molar-refractivity contribution in [1.82, 2.24) is 4.90 Å². The Hall–Kier alpha value is -1.00. The van der Waals surface area contributed by atoms with Crippen LogP contribution in [0.4, 0.5) is 8.78 Å². The molecule has 1 atom stereocenters. The lowest BCUT2D eigenvalue weighted by atomic mass is 10.1. The zero-order valence-corrected chi connectivity index (χ0v) is 8.96. The number of morpholine rings is 1. The molecular weight excluding hydrogens is 212 g/mol. The summed E-state index contributed by atoms with van der Waals surface area (Å²) in [6.45, 7) is 6.72. The van der Waals surface area contributed by atoms with Crippen molar-refractivity contribution in [2.45, 2.75) is 6.04 Å². The van der Waals surface area contributed by atoms with Gasteiger partial charge in [0.25, 0.3) is 0 Å². The zero-order valence-electron chi connectivity index (χ0n) is 8.96. The molecular formula is C12H14F2NO. The van der Waals surface area contributed by atoms with E-state index in [0.29, 0.717) is 18.8 Å². The molecule has 1 aromatic rings. The molecule has 0 amide bonds. The number of hydrogen-bond donors (Lipinski definition) is 0. The van der Waals surface area contributed by atoms with Gasteiger partial charge in [0.1, 0.15) is 11.6 Å². The molecule has 2 nitrogen and oxygen atoms in total. The van der Waals surface area contributed by atoms with Gasteiger partial charge in [-0.15, -0.1) is 0 Å². The highest BCUT2D eigenvalue weighted by molar-refractivity contribution is 5.22. The Balaban J connectivity index is 2.15. The minimum atomic E-state index is -0.558. The van der Waals surface area contributed by atoms with Crippen LogP contribution >= 0.6 is 0 Å². The Bertz CT molecular complexity index is 344. The normalized spacial score (nSPS) is 19.7. The number of halogens is 2. The van der Waals surface area contributed by atoms with Crippen LogP contribution in [-0.4, -0.2) is 31.2 Å². The summed E-state index contributed by atoms with van der Waals surface area (Å²) in [6.07, 6.45) is 0. The quantitative estimate of drug-likeness (QED) is 0.766. The third kappa shape index (κ3) is 2.57. The minimum Gasteiger partial charge on any atom is -0.379 e. The van der Waals surface area contributed by atoms with Crippen molar-refractivity contribution < 1.29 is 13.5 Å². The van der Waals surface area contributed by atoms with E-state index in [2.05, 4.69) is 11.8 Å². The van der Waals surface area contributed by atoms with Gasteiger partial charge in [0.15, 0.2) is 0 Å². The molecule has 1 aliphatic rings. The SMILES string of the molecule is [CH2]C(c1cc(F)cc(F)c1)N1CCOCC1. The summed E-state index contributed by atoms with van der Waals surface area (Å²) < 4.78 is 31.3. The van der Waals surface area contributed by atoms with Crippen molar-refractivity contribution in [1.29, 1.82) is 0 Å². The van der Waals surface area contributed by atoms with Gasteiger partial charge in [0, 0.05) is 25.2 Å². The van der Waals surface area contributed by atoms with Crippen molar-refractivity contribution in [3.05, 3.63) is 42.3 Å². The molecule has 1 aromatic carbocycles. The Labute approximate surface area is 93.8 Å². The smallest absolute Gasteiger partial charge is 0.126 e. The van der Waals surface area contributed by atoms with Gasteiger partial charge in [-0.1, -0.05) is 0 Å². The summed E-state index contributed by atoms with van der Waals surface area (Å²) in [5, 5.41) is 0. The fraction of sp³-hybridized carbons (Fsp3) is 0.417. The average Bonchev–Trinajstić information content (AvgIpc) is 2.28. The summed E-state index contributed by atoms with van der Waals surface area (Å²) in [5.74, 6) is -1.12. The highest BCUT2D eigenvalue weighted by Crippen LogP contribution is 2.22. The van der Waals surface area contributed by atoms with Crippen molar-refractivity contribution in [2.75, 3.05) is 26.3 Å². The van der Waals surface area contributed by atoms with E-state index < -0.39 is 11.6 Å². The van der Waals surface area contributed by atoms with E-state index >= 15 is 0 Å². The minimum absolute atomic E-state index is 0.228. The van der Waals surface area contributed by atoms with Crippen LogP contribution in [0.3, 0.4) is 0 Å². The Morgan fingerprint density at radius 1 is 1.12 bits per heavy atom. The third-order valence-corrected chi connectivity index (χ3v) is 2.76. The van der Waals surface area contributed by atoms with Gasteiger partial charge in [-0.2, -0.15) is 0 Å². The molecule has 2 rings (SSSR count). The van der Waals surface area contributed by atoms with Gasteiger partial charge >= 0.3 is 0 Å². The largest absolute Gasteiger partial charge is 0.379 e. The standard InChI is InChI=1S/C12H14F2NO/c1-9(15-2-4-16-5-3-15)10-6-11(13)8-12(14)7-10/h6-9H,1-5H2. The van der Waals surface area contributed by atoms with Gasteiger partial charge < -0.3 is 4.74 Å². The van der Waals surface area contributed by atoms with Crippen molar-refractivity contribution in [2.24, 2.45) is 0 Å². The molecule has 0 N–H and O–H groups in total. The van der Waals surface area contributed by atoms with Crippen LogP contribution in [0, 0.1) is 18.6 Å². The number of nitrogens with zero attached hydrogens (tertiary/aromatic N) is 1. The molecule has 0 saturated carbocycles. The lowest BCUT2D eigenvalue weighted by Gasteiger charge is -2.32. The van der Waals surface area contributed by atoms with E-state index in [4.69, 9.17) is 4.74 Å². The zero-order chi connectivity index (χ0) is 11.5. The van der Waals surface area contributed by atoms with Crippen LogP contribution in [0.2, 0.25) is 0 Å². The first-order chi connectivity index (χ1) is 7.66. The molecule has 1 unspecified atom stereocenters. The van der Waals surface area contributed by atoms with E-state index in [1.807, 2.05) is 0 Å². The maximum atomic E-state index is 13.0. The molecule has 1 fully saturated rings. The second kappa shape index (κ2) is 4.89. The lowest BCUT2D eigenvalue weighted by Crippen LogP contribution is -2.38. The molecule has 0 aliphatic carbocycles. The lowest BCUT2D eigenvalue weighted by molar-refractivity contribution is 0.0247. The second-order valence-corrected chi connectivity index (χ2v) is 3.87. The van der Waals surface area contributed by atoms with E-state index in [1.54, 1.807) is 0 Å². The molecule has 1 saturated heterocycles. The highest BCUT2D eigenvalue weighted by Gasteiger charge is 2.19. The molecule has 4 heteroatoms. The van der Waals surface area contributed by atoms with E-state index in [-0.39, 0.29) is 6.04 Å². The molecule has 0 bridgehead atoms. The van der Waals surface area contributed by atoms with Crippen LogP contribution < -0.4 is 0 Å². The van der Waals surface area contributed by atoms with Crippen LogP contribution in [0.1, 0.15) is 11.6 Å². The second-order valence-electron chi connectivity index (χ2n) is 3.87. The predicted molar refractivity (Wildman–Crippen MR) is 56.8 cm³/mol. The van der Waals surface area contributed by atoms with Crippen molar-refractivity contribution >= 4 is 0 Å². The Kier molecular flexibility index (Phi) is 3.51. The van der Waals surface area contributed by atoms with Gasteiger partial charge in [-0.05, 0) is 24.6 Å². The Morgan fingerprint density at radius 2 is 1.69 bits per heavy atom. The fourth-order valence-corrected chi connectivity index (χ4v) is 1.87. The molecule has 87 valence electrons. The van der Waals surface area contributed by atoms with Gasteiger partial charge in [0.05, 0.1) is 13.2 Å². The molecule has 0 spiro atoms. The van der Waals surface area contributed by atoms with E-state index in [1.165, 1.54) is 12.1 Å². The molecule has 1 heterocycles. The Morgan fingerprint density at radius 3 is 2.25 bits per heavy atom. The monoisotopic (exact) mass is 226 g/mol. The summed E-state index contributed by atoms with van der Waals surface area (Å²) in [6, 6.07) is 3.30. The number of hydrogen-bond acceptors (Lipinski definition) is 2. The molecule has 16 heavy (non-hydrogen) atoms. The van der Waals surface area contributed by atoms with Crippen molar-refractivity contribution in [3.8, 4) is 0 Å².